The van der Waals surface area contributed by atoms with Crippen molar-refractivity contribution >= 4 is 32.7 Å². The Balaban J connectivity index is 1.69. The molecule has 148 valence electrons. The molecule has 2 amide bonds. The molecular formula is C18H20N4O5S. The lowest BCUT2D eigenvalue weighted by atomic mass is 10.0. The van der Waals surface area contributed by atoms with Crippen molar-refractivity contribution < 1.29 is 22.7 Å². The standard InChI is InChI=1S/C18H20N4O5S/c1-27-9-16(23)21-7-8-22(15-11-28(25,26)10-14(15)21)18(24)12-3-2-4-13-17(12)20-6-5-19-13/h2-6,14-15H,7-11H2,1H3/t14-,15+/m0/s1. The Hall–Kier alpha value is -2.59. The zero-order valence-electron chi connectivity index (χ0n) is 15.3. The maximum Gasteiger partial charge on any atom is 0.256 e. The highest BCUT2D eigenvalue weighted by atomic mass is 32.2. The van der Waals surface area contributed by atoms with Crippen molar-refractivity contribution in [3.63, 3.8) is 0 Å². The van der Waals surface area contributed by atoms with Crippen molar-refractivity contribution in [3.05, 3.63) is 36.2 Å². The van der Waals surface area contributed by atoms with E-state index >= 15 is 0 Å². The predicted octanol–water partition coefficient (Wildman–Crippen LogP) is -0.274. The van der Waals surface area contributed by atoms with E-state index in [-0.39, 0.29) is 43.0 Å². The van der Waals surface area contributed by atoms with Gasteiger partial charge in [0, 0.05) is 32.6 Å². The van der Waals surface area contributed by atoms with E-state index in [0.717, 1.165) is 0 Å². The van der Waals surface area contributed by atoms with Gasteiger partial charge in [-0.05, 0) is 12.1 Å². The molecule has 0 aliphatic carbocycles. The van der Waals surface area contributed by atoms with Crippen LogP contribution in [0, 0.1) is 0 Å². The molecule has 28 heavy (non-hydrogen) atoms. The second kappa shape index (κ2) is 7.10. The summed E-state index contributed by atoms with van der Waals surface area (Å²) in [6.45, 7) is 0.402. The number of amides is 2. The molecule has 0 unspecified atom stereocenters. The molecule has 2 saturated heterocycles. The average molecular weight is 404 g/mol. The summed E-state index contributed by atoms with van der Waals surface area (Å²) < 4.78 is 29.5. The quantitative estimate of drug-likeness (QED) is 0.692. The van der Waals surface area contributed by atoms with Gasteiger partial charge in [-0.2, -0.15) is 0 Å². The van der Waals surface area contributed by atoms with E-state index in [1.54, 1.807) is 29.3 Å². The van der Waals surface area contributed by atoms with Crippen LogP contribution >= 0.6 is 0 Å². The van der Waals surface area contributed by atoms with Crippen LogP contribution in [0.15, 0.2) is 30.6 Å². The van der Waals surface area contributed by atoms with E-state index in [1.165, 1.54) is 18.2 Å². The van der Waals surface area contributed by atoms with E-state index in [0.29, 0.717) is 16.6 Å². The number of fused-ring (bicyclic) bond motifs is 2. The number of sulfone groups is 1. The Bertz CT molecular complexity index is 1040. The summed E-state index contributed by atoms with van der Waals surface area (Å²) in [5.74, 6) is -0.863. The number of carbonyl (C=O) groups excluding carboxylic acids is 2. The minimum atomic E-state index is -3.36. The maximum atomic E-state index is 13.3. The molecule has 9 nitrogen and oxygen atoms in total. The largest absolute Gasteiger partial charge is 0.375 e. The molecule has 1 aromatic heterocycles. The molecular weight excluding hydrogens is 384 g/mol. The first kappa shape index (κ1) is 18.8. The summed E-state index contributed by atoms with van der Waals surface area (Å²) in [4.78, 5) is 37.2. The number of ether oxygens (including phenoxy) is 1. The van der Waals surface area contributed by atoms with Gasteiger partial charge >= 0.3 is 0 Å². The Morgan fingerprint density at radius 2 is 1.79 bits per heavy atom. The van der Waals surface area contributed by atoms with Gasteiger partial charge in [-0.3, -0.25) is 19.6 Å². The van der Waals surface area contributed by atoms with E-state index < -0.39 is 21.9 Å². The molecule has 2 atom stereocenters. The van der Waals surface area contributed by atoms with E-state index in [1.807, 2.05) is 0 Å². The summed E-state index contributed by atoms with van der Waals surface area (Å²) in [5.41, 5.74) is 1.45. The fourth-order valence-corrected chi connectivity index (χ4v) is 6.02. The monoisotopic (exact) mass is 404 g/mol. The number of aromatic nitrogens is 2. The summed E-state index contributed by atoms with van der Waals surface area (Å²) in [6, 6.07) is 4.01. The molecule has 2 aliphatic rings. The molecule has 1 aromatic carbocycles. The first-order valence-corrected chi connectivity index (χ1v) is 10.7. The van der Waals surface area contributed by atoms with Crippen molar-refractivity contribution in [2.45, 2.75) is 12.1 Å². The SMILES string of the molecule is COCC(=O)N1CCN(C(=O)c2cccc3nccnc23)[C@@H]2CS(=O)(=O)C[C@@H]21. The first-order valence-electron chi connectivity index (χ1n) is 8.91. The van der Waals surface area contributed by atoms with Crippen LogP contribution in [-0.4, -0.2) is 90.4 Å². The second-order valence-corrected chi connectivity index (χ2v) is 9.11. The molecule has 0 bridgehead atoms. The van der Waals surface area contributed by atoms with Gasteiger partial charge in [-0.15, -0.1) is 0 Å². The average Bonchev–Trinajstić information content (AvgIpc) is 3.01. The summed E-state index contributed by atoms with van der Waals surface area (Å²) >= 11 is 0. The number of rotatable bonds is 3. The van der Waals surface area contributed by atoms with Crippen LogP contribution in [0.2, 0.25) is 0 Å². The van der Waals surface area contributed by atoms with E-state index in [2.05, 4.69) is 9.97 Å². The minimum absolute atomic E-state index is 0.115. The van der Waals surface area contributed by atoms with E-state index in [9.17, 15) is 18.0 Å². The number of piperazine rings is 1. The summed E-state index contributed by atoms with van der Waals surface area (Å²) in [5, 5.41) is 0. The molecule has 0 N–H and O–H groups in total. The molecule has 10 heteroatoms. The number of methoxy groups -OCH3 is 1. The van der Waals surface area contributed by atoms with Crippen LogP contribution in [0.4, 0.5) is 0 Å². The van der Waals surface area contributed by atoms with Crippen molar-refractivity contribution in [1.29, 1.82) is 0 Å². The van der Waals surface area contributed by atoms with Crippen LogP contribution in [-0.2, 0) is 19.4 Å². The Morgan fingerprint density at radius 3 is 2.54 bits per heavy atom. The summed E-state index contributed by atoms with van der Waals surface area (Å²) in [6.07, 6.45) is 3.07. The number of hydrogen-bond acceptors (Lipinski definition) is 7. The van der Waals surface area contributed by atoms with Crippen LogP contribution in [0.5, 0.6) is 0 Å². The van der Waals surface area contributed by atoms with Crippen LogP contribution in [0.3, 0.4) is 0 Å². The molecule has 0 saturated carbocycles. The number of hydrogen-bond donors (Lipinski definition) is 0. The predicted molar refractivity (Wildman–Crippen MR) is 100 cm³/mol. The highest BCUT2D eigenvalue weighted by molar-refractivity contribution is 7.91. The highest BCUT2D eigenvalue weighted by Gasteiger charge is 2.49. The minimum Gasteiger partial charge on any atom is -0.375 e. The molecule has 3 heterocycles. The highest BCUT2D eigenvalue weighted by Crippen LogP contribution is 2.29. The van der Waals surface area contributed by atoms with Crippen molar-refractivity contribution in [3.8, 4) is 0 Å². The lowest BCUT2D eigenvalue weighted by molar-refractivity contribution is -0.140. The van der Waals surface area contributed by atoms with Gasteiger partial charge in [0.05, 0.1) is 34.7 Å². The van der Waals surface area contributed by atoms with Crippen molar-refractivity contribution in [2.24, 2.45) is 0 Å². The van der Waals surface area contributed by atoms with Gasteiger partial charge in [0.15, 0.2) is 9.84 Å². The molecule has 2 fully saturated rings. The fraction of sp³-hybridized carbons (Fsp3) is 0.444. The second-order valence-electron chi connectivity index (χ2n) is 6.96. The zero-order chi connectivity index (χ0) is 19.9. The number of para-hydroxylation sites is 1. The third-order valence-electron chi connectivity index (χ3n) is 5.25. The lowest BCUT2D eigenvalue weighted by Gasteiger charge is -2.43. The van der Waals surface area contributed by atoms with Gasteiger partial charge in [0.1, 0.15) is 12.1 Å². The zero-order valence-corrected chi connectivity index (χ0v) is 16.1. The molecule has 2 aliphatic heterocycles. The third-order valence-corrected chi connectivity index (χ3v) is 6.95. The van der Waals surface area contributed by atoms with Crippen molar-refractivity contribution in [2.75, 3.05) is 38.3 Å². The number of carbonyl (C=O) groups is 2. The van der Waals surface area contributed by atoms with Crippen molar-refractivity contribution in [1.82, 2.24) is 19.8 Å². The smallest absolute Gasteiger partial charge is 0.256 e. The van der Waals surface area contributed by atoms with Crippen LogP contribution < -0.4 is 0 Å². The molecule has 0 radical (unpaired) electrons. The molecule has 0 spiro atoms. The van der Waals surface area contributed by atoms with Gasteiger partial charge in [-0.25, -0.2) is 8.42 Å². The van der Waals surface area contributed by atoms with Gasteiger partial charge in [-0.1, -0.05) is 6.07 Å². The van der Waals surface area contributed by atoms with E-state index in [4.69, 9.17) is 4.74 Å². The molecule has 2 aromatic rings. The molecule has 4 rings (SSSR count). The Morgan fingerprint density at radius 1 is 1.11 bits per heavy atom. The Labute approximate surface area is 162 Å². The topological polar surface area (TPSA) is 110 Å². The Kier molecular flexibility index (Phi) is 4.76. The summed E-state index contributed by atoms with van der Waals surface area (Å²) in [7, 11) is -1.94. The van der Waals surface area contributed by atoms with Gasteiger partial charge in [0.25, 0.3) is 5.91 Å². The van der Waals surface area contributed by atoms with Gasteiger partial charge < -0.3 is 14.5 Å². The first-order chi connectivity index (χ1) is 13.4. The third kappa shape index (κ3) is 3.22. The van der Waals surface area contributed by atoms with Crippen LogP contribution in [0.1, 0.15) is 10.4 Å². The maximum absolute atomic E-state index is 13.3. The van der Waals surface area contributed by atoms with Crippen LogP contribution in [0.25, 0.3) is 11.0 Å². The lowest BCUT2D eigenvalue weighted by Crippen LogP contribution is -2.62. The normalized spacial score (nSPS) is 23.6. The van der Waals surface area contributed by atoms with Gasteiger partial charge in [0.2, 0.25) is 5.91 Å². The fourth-order valence-electron chi connectivity index (χ4n) is 4.04. The number of benzene rings is 1. The number of nitrogens with zero attached hydrogens (tertiary/aromatic N) is 4.